The highest BCUT2D eigenvalue weighted by Crippen LogP contribution is 2.40. The van der Waals surface area contributed by atoms with E-state index in [-0.39, 0.29) is 11.7 Å². The highest BCUT2D eigenvalue weighted by Gasteiger charge is 2.30. The second-order valence-electron chi connectivity index (χ2n) is 6.60. The molecule has 27 heavy (non-hydrogen) atoms. The summed E-state index contributed by atoms with van der Waals surface area (Å²) >= 11 is 1.40. The van der Waals surface area contributed by atoms with E-state index in [2.05, 4.69) is 26.7 Å². The SMILES string of the molecule is C=CCn1c(SCC(=O)c2ccc(NC(=O)CCC)cc2)nnc1C1CC1. The van der Waals surface area contributed by atoms with E-state index in [1.807, 2.05) is 13.0 Å². The number of anilines is 1. The summed E-state index contributed by atoms with van der Waals surface area (Å²) in [5, 5.41) is 12.1. The molecule has 0 saturated heterocycles. The number of allylic oxidation sites excluding steroid dienone is 1. The first-order valence-corrected chi connectivity index (χ1v) is 10.2. The third-order valence-electron chi connectivity index (χ3n) is 4.30. The van der Waals surface area contributed by atoms with Crippen LogP contribution in [0.4, 0.5) is 5.69 Å². The number of nitrogens with one attached hydrogen (secondary N) is 1. The summed E-state index contributed by atoms with van der Waals surface area (Å²) in [6, 6.07) is 7.01. The van der Waals surface area contributed by atoms with Crippen molar-refractivity contribution in [2.75, 3.05) is 11.1 Å². The zero-order valence-corrected chi connectivity index (χ0v) is 16.3. The molecule has 1 saturated carbocycles. The summed E-state index contributed by atoms with van der Waals surface area (Å²) in [5.74, 6) is 1.80. The number of hydrogen-bond acceptors (Lipinski definition) is 5. The highest BCUT2D eigenvalue weighted by atomic mass is 32.2. The Labute approximate surface area is 163 Å². The fraction of sp³-hybridized carbons (Fsp3) is 0.400. The van der Waals surface area contributed by atoms with Crippen molar-refractivity contribution in [1.82, 2.24) is 14.8 Å². The summed E-state index contributed by atoms with van der Waals surface area (Å²) in [6.07, 6.45) is 5.43. The molecule has 6 nitrogen and oxygen atoms in total. The van der Waals surface area contributed by atoms with E-state index in [1.54, 1.807) is 24.3 Å². The van der Waals surface area contributed by atoms with Gasteiger partial charge < -0.3 is 9.88 Å². The third kappa shape index (κ3) is 5.07. The van der Waals surface area contributed by atoms with Gasteiger partial charge in [-0.3, -0.25) is 9.59 Å². The van der Waals surface area contributed by atoms with Gasteiger partial charge in [-0.25, -0.2) is 0 Å². The van der Waals surface area contributed by atoms with Gasteiger partial charge >= 0.3 is 0 Å². The maximum Gasteiger partial charge on any atom is 0.224 e. The molecule has 1 fully saturated rings. The Morgan fingerprint density at radius 3 is 2.67 bits per heavy atom. The molecule has 1 aromatic heterocycles. The van der Waals surface area contributed by atoms with Gasteiger partial charge in [0.15, 0.2) is 10.9 Å². The summed E-state index contributed by atoms with van der Waals surface area (Å²) in [5.41, 5.74) is 1.32. The van der Waals surface area contributed by atoms with Crippen molar-refractivity contribution in [2.24, 2.45) is 0 Å². The number of Topliss-reactive ketones (excluding diaryl/α,β-unsaturated/α-hetero) is 1. The van der Waals surface area contributed by atoms with Crippen LogP contribution in [0.3, 0.4) is 0 Å². The van der Waals surface area contributed by atoms with Crippen molar-refractivity contribution in [3.8, 4) is 0 Å². The minimum absolute atomic E-state index is 0.0137. The quantitative estimate of drug-likeness (QED) is 0.380. The van der Waals surface area contributed by atoms with E-state index in [1.165, 1.54) is 11.8 Å². The van der Waals surface area contributed by atoms with Crippen LogP contribution in [0, 0.1) is 0 Å². The third-order valence-corrected chi connectivity index (χ3v) is 5.27. The molecule has 0 aliphatic heterocycles. The Morgan fingerprint density at radius 2 is 2.04 bits per heavy atom. The standard InChI is InChI=1S/C20H24N4O2S/c1-3-5-18(26)21-16-10-8-14(9-11-16)17(25)13-27-20-23-22-19(15-6-7-15)24(20)12-4-2/h4,8-11,15H,2-3,5-7,12-13H2,1H3,(H,21,26). The van der Waals surface area contributed by atoms with E-state index in [9.17, 15) is 9.59 Å². The predicted molar refractivity (Wildman–Crippen MR) is 107 cm³/mol. The summed E-state index contributed by atoms with van der Waals surface area (Å²) < 4.78 is 2.05. The van der Waals surface area contributed by atoms with E-state index < -0.39 is 0 Å². The first-order chi connectivity index (χ1) is 13.1. The minimum atomic E-state index is -0.0137. The van der Waals surface area contributed by atoms with Crippen LogP contribution in [-0.4, -0.2) is 32.2 Å². The number of amides is 1. The molecule has 2 aromatic rings. The smallest absolute Gasteiger partial charge is 0.224 e. The monoisotopic (exact) mass is 384 g/mol. The summed E-state index contributed by atoms with van der Waals surface area (Å²) in [4.78, 5) is 24.1. The molecule has 0 spiro atoms. The van der Waals surface area contributed by atoms with Crippen LogP contribution in [0.25, 0.3) is 0 Å². The van der Waals surface area contributed by atoms with Gasteiger partial charge in [-0.15, -0.1) is 16.8 Å². The fourth-order valence-electron chi connectivity index (χ4n) is 2.75. The lowest BCUT2D eigenvalue weighted by Crippen LogP contribution is -2.11. The number of thioether (sulfide) groups is 1. The fourth-order valence-corrected chi connectivity index (χ4v) is 3.60. The van der Waals surface area contributed by atoms with Crippen LogP contribution in [0.5, 0.6) is 0 Å². The summed E-state index contributed by atoms with van der Waals surface area (Å²) in [7, 11) is 0. The lowest BCUT2D eigenvalue weighted by atomic mass is 10.1. The van der Waals surface area contributed by atoms with Crippen LogP contribution < -0.4 is 5.32 Å². The number of benzene rings is 1. The molecule has 142 valence electrons. The second-order valence-corrected chi connectivity index (χ2v) is 7.54. The molecule has 1 heterocycles. The summed E-state index contributed by atoms with van der Waals surface area (Å²) in [6.45, 7) is 6.41. The number of ketones is 1. The molecule has 0 unspecified atom stereocenters. The Hall–Kier alpha value is -2.41. The molecule has 1 N–H and O–H groups in total. The molecule has 0 radical (unpaired) electrons. The maximum atomic E-state index is 12.5. The Bertz CT molecular complexity index is 825. The van der Waals surface area contributed by atoms with Gasteiger partial charge in [-0.1, -0.05) is 24.8 Å². The molecule has 7 heteroatoms. The van der Waals surface area contributed by atoms with Crippen molar-refractivity contribution in [3.05, 3.63) is 48.3 Å². The Balaban J connectivity index is 1.59. The second kappa shape index (κ2) is 8.99. The van der Waals surface area contributed by atoms with Crippen LogP contribution in [-0.2, 0) is 11.3 Å². The van der Waals surface area contributed by atoms with Gasteiger partial charge in [0.1, 0.15) is 5.82 Å². The van der Waals surface area contributed by atoms with E-state index in [0.717, 1.165) is 30.2 Å². The van der Waals surface area contributed by atoms with Crippen LogP contribution in [0.1, 0.15) is 54.7 Å². The van der Waals surface area contributed by atoms with Crippen molar-refractivity contribution in [1.29, 1.82) is 0 Å². The molecule has 1 amide bonds. The molecular weight excluding hydrogens is 360 g/mol. The van der Waals surface area contributed by atoms with Gasteiger partial charge in [0.2, 0.25) is 5.91 Å². The minimum Gasteiger partial charge on any atom is -0.326 e. The van der Waals surface area contributed by atoms with Crippen molar-refractivity contribution >= 4 is 29.1 Å². The molecule has 1 aliphatic carbocycles. The Morgan fingerprint density at radius 1 is 1.30 bits per heavy atom. The van der Waals surface area contributed by atoms with Crippen LogP contribution in [0.2, 0.25) is 0 Å². The van der Waals surface area contributed by atoms with Crippen molar-refractivity contribution in [3.63, 3.8) is 0 Å². The average Bonchev–Trinajstić information content (AvgIpc) is 3.43. The maximum absolute atomic E-state index is 12.5. The van der Waals surface area contributed by atoms with Crippen LogP contribution >= 0.6 is 11.8 Å². The van der Waals surface area contributed by atoms with Crippen molar-refractivity contribution in [2.45, 2.75) is 50.2 Å². The van der Waals surface area contributed by atoms with Gasteiger partial charge in [0.05, 0.1) is 5.75 Å². The zero-order chi connectivity index (χ0) is 19.2. The van der Waals surface area contributed by atoms with Gasteiger partial charge in [0.25, 0.3) is 0 Å². The highest BCUT2D eigenvalue weighted by molar-refractivity contribution is 7.99. The van der Waals surface area contributed by atoms with Crippen molar-refractivity contribution < 1.29 is 9.59 Å². The lowest BCUT2D eigenvalue weighted by molar-refractivity contribution is -0.116. The number of hydrogen-bond donors (Lipinski definition) is 1. The van der Waals surface area contributed by atoms with E-state index in [0.29, 0.717) is 35.9 Å². The van der Waals surface area contributed by atoms with Gasteiger partial charge in [-0.05, 0) is 43.5 Å². The average molecular weight is 385 g/mol. The topological polar surface area (TPSA) is 76.9 Å². The number of carbonyl (C=O) groups excluding carboxylic acids is 2. The van der Waals surface area contributed by atoms with Gasteiger partial charge in [-0.2, -0.15) is 0 Å². The number of aromatic nitrogens is 3. The molecule has 0 bridgehead atoms. The predicted octanol–water partition coefficient (Wildman–Crippen LogP) is 4.06. The molecule has 1 aliphatic rings. The first kappa shape index (κ1) is 19.4. The first-order valence-electron chi connectivity index (χ1n) is 9.22. The number of rotatable bonds is 10. The molecule has 1 aromatic carbocycles. The number of carbonyl (C=O) groups is 2. The van der Waals surface area contributed by atoms with Gasteiger partial charge in [0, 0.05) is 30.1 Å². The van der Waals surface area contributed by atoms with E-state index >= 15 is 0 Å². The normalized spacial score (nSPS) is 13.4. The zero-order valence-electron chi connectivity index (χ0n) is 15.5. The molecule has 3 rings (SSSR count). The number of nitrogens with zero attached hydrogens (tertiary/aromatic N) is 3. The molecular formula is C20H24N4O2S. The largest absolute Gasteiger partial charge is 0.326 e. The van der Waals surface area contributed by atoms with Crippen LogP contribution in [0.15, 0.2) is 42.1 Å². The lowest BCUT2D eigenvalue weighted by Gasteiger charge is -2.07. The Kier molecular flexibility index (Phi) is 6.45. The molecule has 0 atom stereocenters. The van der Waals surface area contributed by atoms with E-state index in [4.69, 9.17) is 0 Å².